The second-order valence-electron chi connectivity index (χ2n) is 6.79. The van der Waals surface area contributed by atoms with Gasteiger partial charge in [-0.2, -0.15) is 0 Å². The zero-order valence-electron chi connectivity index (χ0n) is 15.5. The van der Waals surface area contributed by atoms with E-state index in [2.05, 4.69) is 9.64 Å². The zero-order chi connectivity index (χ0) is 20.1. The van der Waals surface area contributed by atoms with Gasteiger partial charge < -0.3 is 14.3 Å². The van der Waals surface area contributed by atoms with Gasteiger partial charge in [-0.1, -0.05) is 24.3 Å². The molecule has 1 fully saturated rings. The lowest BCUT2D eigenvalue weighted by Crippen LogP contribution is -2.42. The molecule has 1 heterocycles. The van der Waals surface area contributed by atoms with Gasteiger partial charge in [0.15, 0.2) is 0 Å². The Hall–Kier alpha value is -2.54. The summed E-state index contributed by atoms with van der Waals surface area (Å²) in [5, 5.41) is 0. The van der Waals surface area contributed by atoms with Gasteiger partial charge in [0.2, 0.25) is 0 Å². The van der Waals surface area contributed by atoms with E-state index < -0.39 is 6.36 Å². The first-order valence-corrected chi connectivity index (χ1v) is 9.09. The minimum absolute atomic E-state index is 0.0325. The third-order valence-corrected chi connectivity index (χ3v) is 4.96. The van der Waals surface area contributed by atoms with Crippen molar-refractivity contribution in [2.45, 2.75) is 44.3 Å². The standard InChI is InChI=1S/C21H22F3NO3/c1-27-19-6-2-4-16(12-19)20-7-3-5-17(14-26)25(20)13-15-8-10-18(11-9-15)28-21(22,23)24/h2,4,6,8-12,14,17,20H,3,5,7,13H2,1H3. The van der Waals surface area contributed by atoms with Crippen LogP contribution in [0.2, 0.25) is 0 Å². The van der Waals surface area contributed by atoms with Gasteiger partial charge in [-0.05, 0) is 54.7 Å². The summed E-state index contributed by atoms with van der Waals surface area (Å²) in [7, 11) is 1.61. The van der Waals surface area contributed by atoms with Crippen LogP contribution in [0.25, 0.3) is 0 Å². The molecule has 7 heteroatoms. The summed E-state index contributed by atoms with van der Waals surface area (Å²) in [4.78, 5) is 13.8. The van der Waals surface area contributed by atoms with Crippen molar-refractivity contribution in [3.8, 4) is 11.5 Å². The quantitative estimate of drug-likeness (QED) is 0.655. The first kappa shape index (κ1) is 20.2. The van der Waals surface area contributed by atoms with Gasteiger partial charge >= 0.3 is 6.36 Å². The van der Waals surface area contributed by atoms with Gasteiger partial charge in [0.05, 0.1) is 13.2 Å². The highest BCUT2D eigenvalue weighted by atomic mass is 19.4. The molecule has 4 nitrogen and oxygen atoms in total. The van der Waals surface area contributed by atoms with Crippen LogP contribution < -0.4 is 9.47 Å². The molecule has 2 aromatic rings. The summed E-state index contributed by atoms with van der Waals surface area (Å²) in [6, 6.07) is 13.3. The fourth-order valence-electron chi connectivity index (χ4n) is 3.67. The third-order valence-electron chi connectivity index (χ3n) is 4.96. The molecule has 3 rings (SSSR count). The summed E-state index contributed by atoms with van der Waals surface area (Å²) >= 11 is 0. The summed E-state index contributed by atoms with van der Waals surface area (Å²) in [6.45, 7) is 0.456. The number of aldehydes is 1. The Labute approximate surface area is 161 Å². The summed E-state index contributed by atoms with van der Waals surface area (Å²) in [5.41, 5.74) is 1.87. The minimum Gasteiger partial charge on any atom is -0.497 e. The predicted molar refractivity (Wildman–Crippen MR) is 98.1 cm³/mol. The topological polar surface area (TPSA) is 38.8 Å². The number of nitrogens with zero attached hydrogens (tertiary/aromatic N) is 1. The van der Waals surface area contributed by atoms with E-state index in [0.29, 0.717) is 6.54 Å². The number of hydrogen-bond donors (Lipinski definition) is 0. The highest BCUT2D eigenvalue weighted by Gasteiger charge is 2.32. The van der Waals surface area contributed by atoms with Gasteiger partial charge in [0.1, 0.15) is 17.8 Å². The van der Waals surface area contributed by atoms with Crippen molar-refractivity contribution in [3.05, 3.63) is 59.7 Å². The molecular formula is C21H22F3NO3. The van der Waals surface area contributed by atoms with Crippen LogP contribution in [0.4, 0.5) is 13.2 Å². The highest BCUT2D eigenvalue weighted by Crippen LogP contribution is 2.36. The van der Waals surface area contributed by atoms with Crippen molar-refractivity contribution in [1.82, 2.24) is 4.90 Å². The van der Waals surface area contributed by atoms with Crippen LogP contribution in [0.1, 0.15) is 36.4 Å². The van der Waals surface area contributed by atoms with Crippen molar-refractivity contribution in [3.63, 3.8) is 0 Å². The molecule has 0 N–H and O–H groups in total. The number of carbonyl (C=O) groups excluding carboxylic acids is 1. The number of hydrogen-bond acceptors (Lipinski definition) is 4. The summed E-state index contributed by atoms with van der Waals surface area (Å²) in [6.07, 6.45) is -1.17. The van der Waals surface area contributed by atoms with E-state index in [1.165, 1.54) is 12.1 Å². The van der Waals surface area contributed by atoms with Gasteiger partial charge in [-0.3, -0.25) is 4.90 Å². The predicted octanol–water partition coefficient (Wildman–Crippen LogP) is 4.89. The number of piperidine rings is 1. The third kappa shape index (κ3) is 5.04. The van der Waals surface area contributed by atoms with Gasteiger partial charge in [-0.25, -0.2) is 0 Å². The number of likely N-dealkylation sites (tertiary alicyclic amines) is 1. The van der Waals surface area contributed by atoms with E-state index in [9.17, 15) is 18.0 Å². The van der Waals surface area contributed by atoms with Crippen molar-refractivity contribution in [1.29, 1.82) is 0 Å². The first-order valence-electron chi connectivity index (χ1n) is 9.09. The minimum atomic E-state index is -4.71. The van der Waals surface area contributed by atoms with Crippen molar-refractivity contribution < 1.29 is 27.4 Å². The Kier molecular flexibility index (Phi) is 6.24. The molecule has 2 atom stereocenters. The molecule has 0 amide bonds. The zero-order valence-corrected chi connectivity index (χ0v) is 15.5. The molecule has 0 radical (unpaired) electrons. The van der Waals surface area contributed by atoms with E-state index in [1.54, 1.807) is 19.2 Å². The molecule has 28 heavy (non-hydrogen) atoms. The number of rotatable bonds is 6. The molecule has 0 bridgehead atoms. The summed E-state index contributed by atoms with van der Waals surface area (Å²) in [5.74, 6) is 0.491. The Bertz CT molecular complexity index is 792. The van der Waals surface area contributed by atoms with E-state index in [4.69, 9.17) is 4.74 Å². The van der Waals surface area contributed by atoms with Crippen LogP contribution in [-0.2, 0) is 11.3 Å². The van der Waals surface area contributed by atoms with Crippen molar-refractivity contribution in [2.75, 3.05) is 7.11 Å². The van der Waals surface area contributed by atoms with Crippen LogP contribution in [-0.4, -0.2) is 30.7 Å². The largest absolute Gasteiger partial charge is 0.573 e. The van der Waals surface area contributed by atoms with E-state index >= 15 is 0 Å². The lowest BCUT2D eigenvalue weighted by molar-refractivity contribution is -0.274. The lowest BCUT2D eigenvalue weighted by Gasteiger charge is -2.40. The van der Waals surface area contributed by atoms with Gasteiger partial charge in [-0.15, -0.1) is 13.2 Å². The van der Waals surface area contributed by atoms with Crippen LogP contribution in [0.15, 0.2) is 48.5 Å². The Morgan fingerprint density at radius 2 is 1.86 bits per heavy atom. The molecule has 1 aliphatic heterocycles. The summed E-state index contributed by atoms with van der Waals surface area (Å²) < 4.78 is 46.2. The van der Waals surface area contributed by atoms with Crippen LogP contribution >= 0.6 is 0 Å². The first-order chi connectivity index (χ1) is 13.4. The fraction of sp³-hybridized carbons (Fsp3) is 0.381. The maximum absolute atomic E-state index is 12.3. The molecule has 0 aliphatic carbocycles. The average Bonchev–Trinajstić information content (AvgIpc) is 2.68. The molecule has 150 valence electrons. The number of carbonyl (C=O) groups is 1. The molecule has 1 saturated heterocycles. The smallest absolute Gasteiger partial charge is 0.497 e. The lowest BCUT2D eigenvalue weighted by atomic mass is 9.90. The number of ether oxygens (including phenoxy) is 2. The molecule has 2 unspecified atom stereocenters. The number of halogens is 3. The SMILES string of the molecule is COc1cccc(C2CCCC(C=O)N2Cc2ccc(OC(F)(F)F)cc2)c1. The molecule has 2 aromatic carbocycles. The Balaban J connectivity index is 1.81. The van der Waals surface area contributed by atoms with E-state index in [-0.39, 0.29) is 17.8 Å². The van der Waals surface area contributed by atoms with Crippen LogP contribution in [0.3, 0.4) is 0 Å². The Morgan fingerprint density at radius 1 is 1.11 bits per heavy atom. The average molecular weight is 393 g/mol. The number of methoxy groups -OCH3 is 1. The fourth-order valence-corrected chi connectivity index (χ4v) is 3.67. The van der Waals surface area contributed by atoms with E-state index in [0.717, 1.165) is 42.4 Å². The second kappa shape index (κ2) is 8.65. The molecule has 0 aromatic heterocycles. The molecular weight excluding hydrogens is 371 g/mol. The highest BCUT2D eigenvalue weighted by molar-refractivity contribution is 5.58. The van der Waals surface area contributed by atoms with Gasteiger partial charge in [0.25, 0.3) is 0 Å². The normalized spacial score (nSPS) is 20.6. The van der Waals surface area contributed by atoms with Crippen LogP contribution in [0, 0.1) is 0 Å². The second-order valence-corrected chi connectivity index (χ2v) is 6.79. The van der Waals surface area contributed by atoms with Crippen molar-refractivity contribution >= 4 is 6.29 Å². The van der Waals surface area contributed by atoms with Crippen LogP contribution in [0.5, 0.6) is 11.5 Å². The Morgan fingerprint density at radius 3 is 2.50 bits per heavy atom. The number of alkyl halides is 3. The maximum Gasteiger partial charge on any atom is 0.573 e. The van der Waals surface area contributed by atoms with Gasteiger partial charge in [0, 0.05) is 12.6 Å². The van der Waals surface area contributed by atoms with E-state index in [1.807, 2.05) is 24.3 Å². The molecule has 0 spiro atoms. The molecule has 1 aliphatic rings. The maximum atomic E-state index is 12.3. The monoisotopic (exact) mass is 393 g/mol. The molecule has 0 saturated carbocycles. The van der Waals surface area contributed by atoms with Crippen molar-refractivity contribution in [2.24, 2.45) is 0 Å². The number of benzene rings is 2.